The minimum Gasteiger partial charge on any atom is -0.310 e. The van der Waals surface area contributed by atoms with Crippen LogP contribution in [0.4, 0.5) is 13.2 Å². The van der Waals surface area contributed by atoms with Gasteiger partial charge in [-0.2, -0.15) is 4.98 Å². The van der Waals surface area contributed by atoms with Crippen LogP contribution in [-0.4, -0.2) is 9.97 Å². The lowest BCUT2D eigenvalue weighted by Gasteiger charge is -2.04. The first-order valence-electron chi connectivity index (χ1n) is 4.71. The Balaban J connectivity index is 2.69. The van der Waals surface area contributed by atoms with Gasteiger partial charge in [-0.15, -0.1) is 0 Å². The zero-order valence-corrected chi connectivity index (χ0v) is 8.72. The van der Waals surface area contributed by atoms with Crippen molar-refractivity contribution in [1.82, 2.24) is 9.97 Å². The van der Waals surface area contributed by atoms with E-state index in [9.17, 15) is 18.0 Å². The van der Waals surface area contributed by atoms with Crippen LogP contribution in [0, 0.1) is 24.4 Å². The van der Waals surface area contributed by atoms with Crippen LogP contribution in [0.25, 0.3) is 11.3 Å². The molecule has 6 heteroatoms. The van der Waals surface area contributed by atoms with E-state index >= 15 is 0 Å². The smallest absolute Gasteiger partial charge is 0.310 e. The molecule has 0 spiro atoms. The van der Waals surface area contributed by atoms with Gasteiger partial charge in [0.15, 0.2) is 17.5 Å². The number of hydrogen-bond donors (Lipinski definition) is 1. The largest absolute Gasteiger partial charge is 0.345 e. The second-order valence-electron chi connectivity index (χ2n) is 3.48. The van der Waals surface area contributed by atoms with E-state index in [1.807, 2.05) is 0 Å². The Morgan fingerprint density at radius 3 is 2.53 bits per heavy atom. The Kier molecular flexibility index (Phi) is 2.71. The standard InChI is InChI=1S/C11H7F3N2O/c1-5-4-8(16-11(17)15-5)6-2-3-7(12)10(14)9(6)13/h2-4H,1H3,(H,15,16,17). The van der Waals surface area contributed by atoms with Gasteiger partial charge < -0.3 is 4.98 Å². The van der Waals surface area contributed by atoms with Gasteiger partial charge in [0, 0.05) is 11.3 Å². The van der Waals surface area contributed by atoms with Gasteiger partial charge in [-0.1, -0.05) is 0 Å². The SMILES string of the molecule is Cc1cc(-c2ccc(F)c(F)c2F)nc(=O)[nH]1. The Labute approximate surface area is 94.0 Å². The molecule has 0 fully saturated rings. The van der Waals surface area contributed by atoms with Gasteiger partial charge in [-0.3, -0.25) is 0 Å². The Bertz CT molecular complexity index is 637. The van der Waals surface area contributed by atoms with E-state index < -0.39 is 23.1 Å². The molecule has 3 nitrogen and oxygen atoms in total. The van der Waals surface area contributed by atoms with Crippen LogP contribution < -0.4 is 5.69 Å². The van der Waals surface area contributed by atoms with Crippen molar-refractivity contribution >= 4 is 0 Å². The van der Waals surface area contributed by atoms with Crippen molar-refractivity contribution in [3.63, 3.8) is 0 Å². The van der Waals surface area contributed by atoms with E-state index in [1.165, 1.54) is 6.07 Å². The predicted octanol–water partition coefficient (Wildman–Crippen LogP) is 2.16. The Morgan fingerprint density at radius 2 is 1.88 bits per heavy atom. The number of aromatic nitrogens is 2. The van der Waals surface area contributed by atoms with Gasteiger partial charge in [-0.25, -0.2) is 18.0 Å². The summed E-state index contributed by atoms with van der Waals surface area (Å²) in [5, 5.41) is 0. The number of aromatic amines is 1. The fourth-order valence-electron chi connectivity index (χ4n) is 1.44. The second-order valence-corrected chi connectivity index (χ2v) is 3.48. The van der Waals surface area contributed by atoms with Crippen LogP contribution in [0.3, 0.4) is 0 Å². The van der Waals surface area contributed by atoms with E-state index in [4.69, 9.17) is 0 Å². The molecule has 17 heavy (non-hydrogen) atoms. The summed E-state index contributed by atoms with van der Waals surface area (Å²) in [6.07, 6.45) is 0. The van der Waals surface area contributed by atoms with Gasteiger partial charge in [-0.05, 0) is 25.1 Å². The highest BCUT2D eigenvalue weighted by molar-refractivity contribution is 5.60. The predicted molar refractivity (Wildman–Crippen MR) is 54.9 cm³/mol. The zero-order valence-electron chi connectivity index (χ0n) is 8.72. The molecular weight excluding hydrogens is 233 g/mol. The van der Waals surface area contributed by atoms with Gasteiger partial charge >= 0.3 is 5.69 Å². The summed E-state index contributed by atoms with van der Waals surface area (Å²) < 4.78 is 39.2. The van der Waals surface area contributed by atoms with Crippen LogP contribution in [0.5, 0.6) is 0 Å². The van der Waals surface area contributed by atoms with E-state index in [0.29, 0.717) is 5.69 Å². The number of hydrogen-bond acceptors (Lipinski definition) is 2. The maximum Gasteiger partial charge on any atom is 0.345 e. The lowest BCUT2D eigenvalue weighted by atomic mass is 10.1. The minimum atomic E-state index is -1.58. The monoisotopic (exact) mass is 240 g/mol. The molecular formula is C11H7F3N2O. The molecule has 0 radical (unpaired) electrons. The maximum atomic E-state index is 13.4. The van der Waals surface area contributed by atoms with Crippen molar-refractivity contribution in [2.45, 2.75) is 6.92 Å². The minimum absolute atomic E-state index is 0.0392. The molecule has 1 aromatic heterocycles. The molecule has 0 saturated carbocycles. The first-order valence-corrected chi connectivity index (χ1v) is 4.71. The number of aryl methyl sites for hydroxylation is 1. The van der Waals surface area contributed by atoms with Crippen molar-refractivity contribution in [1.29, 1.82) is 0 Å². The van der Waals surface area contributed by atoms with Crippen molar-refractivity contribution < 1.29 is 13.2 Å². The summed E-state index contributed by atoms with van der Waals surface area (Å²) in [7, 11) is 0. The number of rotatable bonds is 1. The molecule has 0 saturated heterocycles. The van der Waals surface area contributed by atoms with E-state index in [2.05, 4.69) is 9.97 Å². The molecule has 0 amide bonds. The first-order chi connectivity index (χ1) is 7.99. The van der Waals surface area contributed by atoms with Crippen LogP contribution >= 0.6 is 0 Å². The lowest BCUT2D eigenvalue weighted by molar-refractivity contribution is 0.449. The van der Waals surface area contributed by atoms with Gasteiger partial charge in [0.05, 0.1) is 5.69 Å². The lowest BCUT2D eigenvalue weighted by Crippen LogP contribution is -2.12. The highest BCUT2D eigenvalue weighted by atomic mass is 19.2. The number of halogens is 3. The van der Waals surface area contributed by atoms with E-state index in [1.54, 1.807) is 6.92 Å². The number of H-pyrrole nitrogens is 1. The number of nitrogens with zero attached hydrogens (tertiary/aromatic N) is 1. The van der Waals surface area contributed by atoms with Crippen LogP contribution in [0.2, 0.25) is 0 Å². The van der Waals surface area contributed by atoms with Gasteiger partial charge in [0.25, 0.3) is 0 Å². The average Bonchev–Trinajstić information content (AvgIpc) is 2.24. The van der Waals surface area contributed by atoms with Crippen molar-refractivity contribution in [3.05, 3.63) is 51.8 Å². The molecule has 1 aromatic carbocycles. The fraction of sp³-hybridized carbons (Fsp3) is 0.0909. The van der Waals surface area contributed by atoms with E-state index in [-0.39, 0.29) is 11.3 Å². The summed E-state index contributed by atoms with van der Waals surface area (Å²) in [4.78, 5) is 17.0. The van der Waals surface area contributed by atoms with Crippen molar-refractivity contribution in [2.24, 2.45) is 0 Å². The summed E-state index contributed by atoms with van der Waals surface area (Å²) in [5.41, 5.74) is -0.519. The molecule has 0 aliphatic heterocycles. The molecule has 2 rings (SSSR count). The number of benzene rings is 1. The molecule has 1 heterocycles. The molecule has 2 aromatic rings. The summed E-state index contributed by atoms with van der Waals surface area (Å²) in [6.45, 7) is 1.57. The molecule has 0 aliphatic carbocycles. The fourth-order valence-corrected chi connectivity index (χ4v) is 1.44. The zero-order chi connectivity index (χ0) is 12.6. The molecule has 88 valence electrons. The highest BCUT2D eigenvalue weighted by Gasteiger charge is 2.15. The van der Waals surface area contributed by atoms with Crippen LogP contribution in [0.15, 0.2) is 23.0 Å². The van der Waals surface area contributed by atoms with Crippen molar-refractivity contribution in [3.8, 4) is 11.3 Å². The quantitative estimate of drug-likeness (QED) is 0.776. The number of nitrogens with one attached hydrogen (secondary N) is 1. The molecule has 0 aliphatic rings. The second kappa shape index (κ2) is 4.04. The van der Waals surface area contributed by atoms with Gasteiger partial charge in [0.1, 0.15) is 0 Å². The van der Waals surface area contributed by atoms with Crippen molar-refractivity contribution in [2.75, 3.05) is 0 Å². The first kappa shape index (κ1) is 11.4. The Morgan fingerprint density at radius 1 is 1.18 bits per heavy atom. The molecule has 0 unspecified atom stereocenters. The third kappa shape index (κ3) is 2.06. The summed E-state index contributed by atoms with van der Waals surface area (Å²) >= 11 is 0. The molecule has 1 N–H and O–H groups in total. The van der Waals surface area contributed by atoms with Crippen LogP contribution in [-0.2, 0) is 0 Å². The third-order valence-corrected chi connectivity index (χ3v) is 2.19. The van der Waals surface area contributed by atoms with E-state index in [0.717, 1.165) is 12.1 Å². The topological polar surface area (TPSA) is 45.8 Å². The molecule has 0 atom stereocenters. The van der Waals surface area contributed by atoms with Gasteiger partial charge in [0.2, 0.25) is 0 Å². The average molecular weight is 240 g/mol. The summed E-state index contributed by atoms with van der Waals surface area (Å²) in [5.74, 6) is -4.22. The summed E-state index contributed by atoms with van der Waals surface area (Å²) in [6, 6.07) is 3.19. The Hall–Kier alpha value is -2.11. The highest BCUT2D eigenvalue weighted by Crippen LogP contribution is 2.23. The maximum absolute atomic E-state index is 13.4. The normalized spacial score (nSPS) is 10.6. The third-order valence-electron chi connectivity index (χ3n) is 2.19. The van der Waals surface area contributed by atoms with Crippen LogP contribution in [0.1, 0.15) is 5.69 Å². The molecule has 0 bridgehead atoms.